The lowest BCUT2D eigenvalue weighted by molar-refractivity contribution is 0.0203. The number of fused-ring (bicyclic) bond motifs is 1. The number of hydrogen-bond acceptors (Lipinski definition) is 4. The molecule has 124 valence electrons. The molecule has 1 atom stereocenters. The summed E-state index contributed by atoms with van der Waals surface area (Å²) in [7, 11) is 0. The number of nitrogens with one attached hydrogen (secondary N) is 1. The van der Waals surface area contributed by atoms with Crippen LogP contribution in [0.5, 0.6) is 0 Å². The Hall–Kier alpha value is -1.92. The van der Waals surface area contributed by atoms with Crippen LogP contribution in [0.3, 0.4) is 0 Å². The van der Waals surface area contributed by atoms with Crippen LogP contribution in [0.25, 0.3) is 11.0 Å². The zero-order valence-corrected chi connectivity index (χ0v) is 13.4. The van der Waals surface area contributed by atoms with Crippen molar-refractivity contribution in [1.82, 2.24) is 10.2 Å². The Morgan fingerprint density at radius 1 is 1.39 bits per heavy atom. The number of carbonyl (C=O) groups excluding carboxylic acids is 1. The molecule has 0 aliphatic carbocycles. The number of halogens is 1. The minimum Gasteiger partial charge on any atom is -0.451 e. The summed E-state index contributed by atoms with van der Waals surface area (Å²) < 4.78 is 24.2. The van der Waals surface area contributed by atoms with Gasteiger partial charge in [0.2, 0.25) is 0 Å². The van der Waals surface area contributed by atoms with E-state index in [1.54, 1.807) is 13.0 Å². The predicted octanol–water partition coefficient (Wildman–Crippen LogP) is 2.33. The highest BCUT2D eigenvalue weighted by molar-refractivity contribution is 5.98. The highest BCUT2D eigenvalue weighted by Gasteiger charge is 2.21. The molecule has 2 aromatic rings. The Labute approximate surface area is 134 Å². The number of amides is 1. The molecule has 0 saturated carbocycles. The number of aryl methyl sites for hydroxylation is 1. The number of carbonyl (C=O) groups is 1. The van der Waals surface area contributed by atoms with Crippen LogP contribution in [-0.2, 0) is 4.74 Å². The Kier molecular flexibility index (Phi) is 4.63. The number of rotatable bonds is 4. The molecule has 0 spiro atoms. The summed E-state index contributed by atoms with van der Waals surface area (Å²) in [5.74, 6) is -0.353. The van der Waals surface area contributed by atoms with Crippen molar-refractivity contribution in [3.8, 4) is 0 Å². The molecule has 2 heterocycles. The summed E-state index contributed by atoms with van der Waals surface area (Å²) in [6.07, 6.45) is 0. The standard InChI is InChI=1S/C17H21FN2O3/c1-11(20-5-7-22-8-6-20)10-19-17(21)16-12(2)14-9-13(18)3-4-15(14)23-16/h3-4,9,11H,5-8,10H2,1-2H3,(H,19,21). The van der Waals surface area contributed by atoms with Crippen molar-refractivity contribution in [2.75, 3.05) is 32.8 Å². The molecule has 3 rings (SSSR count). The van der Waals surface area contributed by atoms with E-state index in [0.717, 1.165) is 26.3 Å². The fourth-order valence-electron chi connectivity index (χ4n) is 2.88. The maximum atomic E-state index is 13.3. The molecular formula is C17H21FN2O3. The number of hydrogen-bond donors (Lipinski definition) is 1. The molecular weight excluding hydrogens is 299 g/mol. The van der Waals surface area contributed by atoms with Gasteiger partial charge < -0.3 is 14.5 Å². The van der Waals surface area contributed by atoms with Crippen molar-refractivity contribution in [3.05, 3.63) is 35.3 Å². The number of morpholine rings is 1. The quantitative estimate of drug-likeness (QED) is 0.939. The second-order valence-corrected chi connectivity index (χ2v) is 5.90. The first-order chi connectivity index (χ1) is 11.1. The fourth-order valence-corrected chi connectivity index (χ4v) is 2.88. The first-order valence-electron chi connectivity index (χ1n) is 7.85. The van der Waals surface area contributed by atoms with E-state index in [2.05, 4.69) is 17.1 Å². The summed E-state index contributed by atoms with van der Waals surface area (Å²) >= 11 is 0. The Bertz CT molecular complexity index is 707. The maximum Gasteiger partial charge on any atom is 0.287 e. The topological polar surface area (TPSA) is 54.7 Å². The first-order valence-corrected chi connectivity index (χ1v) is 7.85. The van der Waals surface area contributed by atoms with Crippen molar-refractivity contribution in [1.29, 1.82) is 0 Å². The van der Waals surface area contributed by atoms with Crippen LogP contribution in [0.4, 0.5) is 4.39 Å². The Morgan fingerprint density at radius 3 is 2.87 bits per heavy atom. The number of nitrogens with zero attached hydrogens (tertiary/aromatic N) is 1. The second-order valence-electron chi connectivity index (χ2n) is 5.90. The zero-order chi connectivity index (χ0) is 16.4. The molecule has 5 nitrogen and oxygen atoms in total. The fraction of sp³-hybridized carbons (Fsp3) is 0.471. The molecule has 1 aliphatic heterocycles. The lowest BCUT2D eigenvalue weighted by Crippen LogP contribution is -2.47. The van der Waals surface area contributed by atoms with Crippen molar-refractivity contribution >= 4 is 16.9 Å². The normalized spacial score (nSPS) is 17.3. The van der Waals surface area contributed by atoms with Gasteiger partial charge in [-0.2, -0.15) is 0 Å². The van der Waals surface area contributed by atoms with Crippen LogP contribution in [0.15, 0.2) is 22.6 Å². The Balaban J connectivity index is 1.67. The van der Waals surface area contributed by atoms with Gasteiger partial charge in [-0.1, -0.05) is 0 Å². The molecule has 1 unspecified atom stereocenters. The van der Waals surface area contributed by atoms with E-state index in [9.17, 15) is 9.18 Å². The summed E-state index contributed by atoms with van der Waals surface area (Å²) in [5, 5.41) is 3.54. The average Bonchev–Trinajstić information content (AvgIpc) is 2.90. The van der Waals surface area contributed by atoms with Gasteiger partial charge in [-0.05, 0) is 32.0 Å². The third-order valence-corrected chi connectivity index (χ3v) is 4.33. The van der Waals surface area contributed by atoms with Gasteiger partial charge in [-0.3, -0.25) is 9.69 Å². The SMILES string of the molecule is Cc1c(C(=O)NCC(C)N2CCOCC2)oc2ccc(F)cc12. The highest BCUT2D eigenvalue weighted by atomic mass is 19.1. The van der Waals surface area contributed by atoms with Crippen LogP contribution < -0.4 is 5.32 Å². The van der Waals surface area contributed by atoms with Gasteiger partial charge >= 0.3 is 0 Å². The number of benzene rings is 1. The van der Waals surface area contributed by atoms with Crippen LogP contribution in [0, 0.1) is 12.7 Å². The minimum absolute atomic E-state index is 0.227. The summed E-state index contributed by atoms with van der Waals surface area (Å²) in [6, 6.07) is 4.49. The molecule has 23 heavy (non-hydrogen) atoms. The van der Waals surface area contributed by atoms with Crippen molar-refractivity contribution in [2.45, 2.75) is 19.9 Å². The van der Waals surface area contributed by atoms with E-state index in [0.29, 0.717) is 23.1 Å². The molecule has 1 fully saturated rings. The van der Waals surface area contributed by atoms with Crippen molar-refractivity contribution < 1.29 is 18.3 Å². The smallest absolute Gasteiger partial charge is 0.287 e. The summed E-state index contributed by atoms with van der Waals surface area (Å²) in [5.41, 5.74) is 1.19. The van der Waals surface area contributed by atoms with Gasteiger partial charge in [0.05, 0.1) is 13.2 Å². The van der Waals surface area contributed by atoms with E-state index < -0.39 is 0 Å². The predicted molar refractivity (Wildman–Crippen MR) is 85.1 cm³/mol. The minimum atomic E-state index is -0.339. The molecule has 1 amide bonds. The molecule has 1 N–H and O–H groups in total. The molecule has 1 aromatic heterocycles. The van der Waals surface area contributed by atoms with E-state index in [1.807, 2.05) is 0 Å². The lowest BCUT2D eigenvalue weighted by Gasteiger charge is -2.32. The van der Waals surface area contributed by atoms with Crippen molar-refractivity contribution in [2.24, 2.45) is 0 Å². The monoisotopic (exact) mass is 320 g/mol. The third kappa shape index (κ3) is 3.38. The maximum absolute atomic E-state index is 13.3. The van der Waals surface area contributed by atoms with Crippen LogP contribution in [-0.4, -0.2) is 49.7 Å². The molecule has 6 heteroatoms. The lowest BCUT2D eigenvalue weighted by atomic mass is 10.1. The van der Waals surface area contributed by atoms with E-state index in [1.165, 1.54) is 12.1 Å². The molecule has 0 bridgehead atoms. The molecule has 0 radical (unpaired) electrons. The average molecular weight is 320 g/mol. The highest BCUT2D eigenvalue weighted by Crippen LogP contribution is 2.25. The van der Waals surface area contributed by atoms with E-state index in [4.69, 9.17) is 9.15 Å². The van der Waals surface area contributed by atoms with Crippen LogP contribution in [0.1, 0.15) is 23.0 Å². The third-order valence-electron chi connectivity index (χ3n) is 4.33. The molecule has 1 aromatic carbocycles. The largest absolute Gasteiger partial charge is 0.451 e. The van der Waals surface area contributed by atoms with Gasteiger partial charge in [0, 0.05) is 36.6 Å². The second kappa shape index (κ2) is 6.68. The van der Waals surface area contributed by atoms with Gasteiger partial charge in [0.25, 0.3) is 5.91 Å². The van der Waals surface area contributed by atoms with E-state index >= 15 is 0 Å². The first kappa shape index (κ1) is 16.0. The summed E-state index contributed by atoms with van der Waals surface area (Å²) in [4.78, 5) is 14.6. The molecule has 1 saturated heterocycles. The van der Waals surface area contributed by atoms with Crippen LogP contribution >= 0.6 is 0 Å². The van der Waals surface area contributed by atoms with Crippen molar-refractivity contribution in [3.63, 3.8) is 0 Å². The van der Waals surface area contributed by atoms with Crippen LogP contribution in [0.2, 0.25) is 0 Å². The van der Waals surface area contributed by atoms with E-state index in [-0.39, 0.29) is 23.5 Å². The van der Waals surface area contributed by atoms with Gasteiger partial charge in [0.1, 0.15) is 11.4 Å². The number of ether oxygens (including phenoxy) is 1. The summed E-state index contributed by atoms with van der Waals surface area (Å²) in [6.45, 7) is 7.58. The van der Waals surface area contributed by atoms with Gasteiger partial charge in [-0.15, -0.1) is 0 Å². The number of furan rings is 1. The van der Waals surface area contributed by atoms with Gasteiger partial charge in [-0.25, -0.2) is 4.39 Å². The van der Waals surface area contributed by atoms with Gasteiger partial charge in [0.15, 0.2) is 5.76 Å². The molecule has 1 aliphatic rings. The Morgan fingerprint density at radius 2 is 2.13 bits per heavy atom. The zero-order valence-electron chi connectivity index (χ0n) is 13.4.